The Bertz CT molecular complexity index is 643. The number of aryl methyl sites for hydroxylation is 1. The highest BCUT2D eigenvalue weighted by atomic mass is 16.5. The number of ether oxygens (including phenoxy) is 1. The maximum absolute atomic E-state index is 6.08. The molecule has 0 fully saturated rings. The number of para-hydroxylation sites is 1. The molecule has 0 saturated carbocycles. The summed E-state index contributed by atoms with van der Waals surface area (Å²) >= 11 is 0. The fourth-order valence-electron chi connectivity index (χ4n) is 3.46. The predicted molar refractivity (Wildman–Crippen MR) is 86.0 cm³/mol. The third-order valence-electron chi connectivity index (χ3n) is 4.46. The number of hydrogen-bond donors (Lipinski definition) is 1. The van der Waals surface area contributed by atoms with Crippen molar-refractivity contribution in [1.82, 2.24) is 0 Å². The number of nitrogens with zero attached hydrogens (tertiary/aromatic N) is 1. The van der Waals surface area contributed by atoms with Gasteiger partial charge in [-0.2, -0.15) is 0 Å². The first kappa shape index (κ1) is 12.6. The second-order valence-corrected chi connectivity index (χ2v) is 5.99. The topological polar surface area (TPSA) is 38.5 Å². The largest absolute Gasteiger partial charge is 0.488 e. The average molecular weight is 280 g/mol. The summed E-state index contributed by atoms with van der Waals surface area (Å²) in [6, 6.07) is 14.6. The SMILES string of the molecule is Nc1ccc2c(c1)N(CC1Cc3ccccc3O1)CCC2. The molecule has 21 heavy (non-hydrogen) atoms. The zero-order valence-corrected chi connectivity index (χ0v) is 12.1. The van der Waals surface area contributed by atoms with E-state index in [4.69, 9.17) is 10.5 Å². The van der Waals surface area contributed by atoms with Gasteiger partial charge in [0.25, 0.3) is 0 Å². The van der Waals surface area contributed by atoms with Crippen LogP contribution in [0.4, 0.5) is 11.4 Å². The van der Waals surface area contributed by atoms with Gasteiger partial charge in [-0.05, 0) is 42.2 Å². The van der Waals surface area contributed by atoms with Crippen LogP contribution in [0, 0.1) is 0 Å². The van der Waals surface area contributed by atoms with E-state index >= 15 is 0 Å². The Labute approximate surface area is 125 Å². The summed E-state index contributed by atoms with van der Waals surface area (Å²) in [5.74, 6) is 1.05. The predicted octanol–water partition coefficient (Wildman–Crippen LogP) is 3.03. The quantitative estimate of drug-likeness (QED) is 0.859. The van der Waals surface area contributed by atoms with Crippen LogP contribution in [0.15, 0.2) is 42.5 Å². The number of hydrogen-bond acceptors (Lipinski definition) is 3. The van der Waals surface area contributed by atoms with Crippen molar-refractivity contribution in [2.24, 2.45) is 0 Å². The molecule has 0 aliphatic carbocycles. The van der Waals surface area contributed by atoms with E-state index in [2.05, 4.69) is 35.2 Å². The van der Waals surface area contributed by atoms with E-state index in [0.717, 1.165) is 37.4 Å². The zero-order chi connectivity index (χ0) is 14.2. The number of nitrogen functional groups attached to an aromatic ring is 1. The Hall–Kier alpha value is -2.16. The second kappa shape index (κ2) is 4.99. The second-order valence-electron chi connectivity index (χ2n) is 5.99. The van der Waals surface area contributed by atoms with Crippen LogP contribution in [0.25, 0.3) is 0 Å². The Balaban J connectivity index is 1.54. The van der Waals surface area contributed by atoms with Gasteiger partial charge in [0, 0.05) is 24.3 Å². The van der Waals surface area contributed by atoms with Crippen molar-refractivity contribution in [2.75, 3.05) is 23.7 Å². The summed E-state index contributed by atoms with van der Waals surface area (Å²) in [5, 5.41) is 0. The molecule has 0 bridgehead atoms. The highest BCUT2D eigenvalue weighted by Gasteiger charge is 2.26. The lowest BCUT2D eigenvalue weighted by Gasteiger charge is -2.33. The van der Waals surface area contributed by atoms with Gasteiger partial charge in [-0.3, -0.25) is 0 Å². The number of fused-ring (bicyclic) bond motifs is 2. The van der Waals surface area contributed by atoms with E-state index in [9.17, 15) is 0 Å². The Morgan fingerprint density at radius 3 is 2.95 bits per heavy atom. The van der Waals surface area contributed by atoms with Gasteiger partial charge in [0.05, 0.1) is 6.54 Å². The van der Waals surface area contributed by atoms with E-state index < -0.39 is 0 Å². The molecule has 2 N–H and O–H groups in total. The summed E-state index contributed by atoms with van der Waals surface area (Å²) in [4.78, 5) is 2.44. The standard InChI is InChI=1S/C18H20N2O/c19-15-8-7-13-5-3-9-20(17(13)11-15)12-16-10-14-4-1-2-6-18(14)21-16/h1-2,4,6-8,11,16H,3,5,9-10,12,19H2. The lowest BCUT2D eigenvalue weighted by molar-refractivity contribution is 0.236. The summed E-state index contributed by atoms with van der Waals surface area (Å²) in [6.07, 6.45) is 3.61. The van der Waals surface area contributed by atoms with Crippen molar-refractivity contribution >= 4 is 11.4 Å². The molecule has 0 radical (unpaired) electrons. The molecule has 1 atom stereocenters. The molecular formula is C18H20N2O. The molecule has 3 nitrogen and oxygen atoms in total. The number of benzene rings is 2. The van der Waals surface area contributed by atoms with Crippen molar-refractivity contribution in [2.45, 2.75) is 25.4 Å². The van der Waals surface area contributed by atoms with Gasteiger partial charge in [-0.25, -0.2) is 0 Å². The molecule has 0 aromatic heterocycles. The summed E-state index contributed by atoms with van der Waals surface area (Å²) in [7, 11) is 0. The van der Waals surface area contributed by atoms with Gasteiger partial charge < -0.3 is 15.4 Å². The molecule has 1 unspecified atom stereocenters. The summed E-state index contributed by atoms with van der Waals surface area (Å²) < 4.78 is 6.08. The third kappa shape index (κ3) is 2.33. The molecule has 0 amide bonds. The van der Waals surface area contributed by atoms with E-state index in [0.29, 0.717) is 0 Å². The molecule has 2 aromatic rings. The maximum Gasteiger partial charge on any atom is 0.123 e. The average Bonchev–Trinajstić information content (AvgIpc) is 2.90. The molecule has 2 aliphatic rings. The monoisotopic (exact) mass is 280 g/mol. The highest BCUT2D eigenvalue weighted by molar-refractivity contribution is 5.62. The van der Waals surface area contributed by atoms with Crippen LogP contribution in [0.2, 0.25) is 0 Å². The van der Waals surface area contributed by atoms with Gasteiger partial charge in [-0.15, -0.1) is 0 Å². The molecule has 2 aromatic carbocycles. The fraction of sp³-hybridized carbons (Fsp3) is 0.333. The van der Waals surface area contributed by atoms with E-state index in [1.54, 1.807) is 0 Å². The minimum atomic E-state index is 0.245. The molecule has 0 spiro atoms. The minimum absolute atomic E-state index is 0.245. The number of anilines is 2. The van der Waals surface area contributed by atoms with Gasteiger partial charge >= 0.3 is 0 Å². The van der Waals surface area contributed by atoms with Crippen LogP contribution in [0.5, 0.6) is 5.75 Å². The Morgan fingerprint density at radius 1 is 1.14 bits per heavy atom. The van der Waals surface area contributed by atoms with Crippen LogP contribution in [0.3, 0.4) is 0 Å². The van der Waals surface area contributed by atoms with Crippen LogP contribution in [0.1, 0.15) is 17.5 Å². The Kier molecular flexibility index (Phi) is 2.99. The van der Waals surface area contributed by atoms with Gasteiger partial charge in [0.2, 0.25) is 0 Å². The van der Waals surface area contributed by atoms with E-state index in [1.807, 2.05) is 12.1 Å². The molecular weight excluding hydrogens is 260 g/mol. The van der Waals surface area contributed by atoms with Crippen LogP contribution in [-0.4, -0.2) is 19.2 Å². The third-order valence-corrected chi connectivity index (χ3v) is 4.46. The first-order valence-electron chi connectivity index (χ1n) is 7.67. The maximum atomic E-state index is 6.08. The lowest BCUT2D eigenvalue weighted by atomic mass is 10.0. The van der Waals surface area contributed by atoms with Gasteiger partial charge in [0.1, 0.15) is 11.9 Å². The molecule has 3 heteroatoms. The van der Waals surface area contributed by atoms with Crippen molar-refractivity contribution in [3.63, 3.8) is 0 Å². The van der Waals surface area contributed by atoms with Crippen LogP contribution >= 0.6 is 0 Å². The van der Waals surface area contributed by atoms with Crippen molar-refractivity contribution in [3.05, 3.63) is 53.6 Å². The zero-order valence-electron chi connectivity index (χ0n) is 12.1. The van der Waals surface area contributed by atoms with Crippen LogP contribution < -0.4 is 15.4 Å². The lowest BCUT2D eigenvalue weighted by Crippen LogP contribution is -2.38. The molecule has 2 aliphatic heterocycles. The van der Waals surface area contributed by atoms with Crippen molar-refractivity contribution in [3.8, 4) is 5.75 Å². The molecule has 0 saturated heterocycles. The summed E-state index contributed by atoms with van der Waals surface area (Å²) in [6.45, 7) is 2.03. The molecule has 2 heterocycles. The Morgan fingerprint density at radius 2 is 2.05 bits per heavy atom. The highest BCUT2D eigenvalue weighted by Crippen LogP contribution is 2.32. The fourth-order valence-corrected chi connectivity index (χ4v) is 3.46. The number of nitrogens with two attached hydrogens (primary N) is 1. The van der Waals surface area contributed by atoms with Crippen molar-refractivity contribution < 1.29 is 4.74 Å². The van der Waals surface area contributed by atoms with E-state index in [1.165, 1.54) is 23.2 Å². The van der Waals surface area contributed by atoms with Gasteiger partial charge in [-0.1, -0.05) is 24.3 Å². The normalized spacial score (nSPS) is 19.8. The molecule has 4 rings (SSSR count). The van der Waals surface area contributed by atoms with Crippen molar-refractivity contribution in [1.29, 1.82) is 0 Å². The minimum Gasteiger partial charge on any atom is -0.488 e. The number of rotatable bonds is 2. The van der Waals surface area contributed by atoms with Crippen LogP contribution in [-0.2, 0) is 12.8 Å². The smallest absolute Gasteiger partial charge is 0.123 e. The van der Waals surface area contributed by atoms with E-state index in [-0.39, 0.29) is 6.10 Å². The van der Waals surface area contributed by atoms with Gasteiger partial charge in [0.15, 0.2) is 0 Å². The first-order chi connectivity index (χ1) is 10.3. The first-order valence-corrected chi connectivity index (χ1v) is 7.67. The molecule has 108 valence electrons. The summed E-state index contributed by atoms with van der Waals surface area (Å²) in [5.41, 5.74) is 10.8.